The van der Waals surface area contributed by atoms with Crippen molar-refractivity contribution in [2.45, 2.75) is 33.1 Å². The summed E-state index contributed by atoms with van der Waals surface area (Å²) in [5.41, 5.74) is 4.59. The van der Waals surface area contributed by atoms with Gasteiger partial charge >= 0.3 is 0 Å². The Morgan fingerprint density at radius 2 is 1.63 bits per heavy atom. The van der Waals surface area contributed by atoms with E-state index < -0.39 is 0 Å². The van der Waals surface area contributed by atoms with E-state index in [0.717, 1.165) is 17.1 Å². The summed E-state index contributed by atoms with van der Waals surface area (Å²) in [4.78, 5) is 8.96. The fourth-order valence-corrected chi connectivity index (χ4v) is 2.69. The molecule has 0 saturated heterocycles. The smallest absolute Gasteiger partial charge is 0.229 e. The predicted octanol–water partition coefficient (Wildman–Crippen LogP) is 5.44. The molecule has 3 rings (SSSR count). The Hall–Kier alpha value is -3.39. The number of nitrogens with one attached hydrogen (secondary N) is 2. The Bertz CT molecular complexity index is 979. The lowest BCUT2D eigenvalue weighted by Gasteiger charge is -2.19. The van der Waals surface area contributed by atoms with E-state index in [-0.39, 0.29) is 5.41 Å². The van der Waals surface area contributed by atoms with Crippen molar-refractivity contribution < 1.29 is 0 Å². The molecule has 0 bridgehead atoms. The fraction of sp³-hybridized carbons (Fsp3) is 0.227. The molecule has 0 aliphatic rings. The molecular formula is C22H23N5. The maximum absolute atomic E-state index is 9.03. The maximum atomic E-state index is 9.03. The third kappa shape index (κ3) is 4.83. The lowest BCUT2D eigenvalue weighted by atomic mass is 9.87. The average molecular weight is 357 g/mol. The van der Waals surface area contributed by atoms with Crippen LogP contribution in [0.5, 0.6) is 0 Å². The number of nitriles is 1. The number of hydrogen-bond acceptors (Lipinski definition) is 5. The molecule has 5 heteroatoms. The van der Waals surface area contributed by atoms with Gasteiger partial charge in [0, 0.05) is 23.1 Å². The molecule has 1 aromatic heterocycles. The van der Waals surface area contributed by atoms with E-state index in [0.29, 0.717) is 17.3 Å². The highest BCUT2D eigenvalue weighted by molar-refractivity contribution is 5.61. The van der Waals surface area contributed by atoms with Gasteiger partial charge in [0.1, 0.15) is 5.82 Å². The molecule has 2 aromatic carbocycles. The van der Waals surface area contributed by atoms with E-state index in [2.05, 4.69) is 71.7 Å². The molecule has 2 N–H and O–H groups in total. The largest absolute Gasteiger partial charge is 0.340 e. The minimum atomic E-state index is 0.124. The summed E-state index contributed by atoms with van der Waals surface area (Å²) in [6.45, 7) is 8.51. The van der Waals surface area contributed by atoms with E-state index in [1.807, 2.05) is 25.1 Å². The highest BCUT2D eigenvalue weighted by Gasteiger charge is 2.13. The van der Waals surface area contributed by atoms with Crippen LogP contribution < -0.4 is 10.6 Å². The van der Waals surface area contributed by atoms with Crippen molar-refractivity contribution in [1.29, 1.82) is 5.26 Å². The van der Waals surface area contributed by atoms with Gasteiger partial charge in [0.05, 0.1) is 11.6 Å². The normalized spacial score (nSPS) is 10.9. The zero-order valence-electron chi connectivity index (χ0n) is 16.0. The van der Waals surface area contributed by atoms with Crippen LogP contribution in [0.2, 0.25) is 0 Å². The van der Waals surface area contributed by atoms with E-state index in [1.54, 1.807) is 12.1 Å². The SMILES string of the molecule is Cc1cc(Nc2ccc(C(C)(C)C)cc2)nc(Nc2cccc(C#N)c2)n1. The number of nitrogens with zero attached hydrogens (tertiary/aromatic N) is 3. The van der Waals surface area contributed by atoms with Crippen molar-refractivity contribution in [2.24, 2.45) is 0 Å². The van der Waals surface area contributed by atoms with Gasteiger partial charge in [-0.2, -0.15) is 10.2 Å². The second kappa shape index (κ2) is 7.46. The number of benzene rings is 2. The summed E-state index contributed by atoms with van der Waals surface area (Å²) >= 11 is 0. The van der Waals surface area contributed by atoms with E-state index in [1.165, 1.54) is 5.56 Å². The van der Waals surface area contributed by atoms with Crippen LogP contribution >= 0.6 is 0 Å². The molecule has 0 unspecified atom stereocenters. The molecule has 1 heterocycles. The van der Waals surface area contributed by atoms with E-state index in [4.69, 9.17) is 5.26 Å². The molecule has 0 amide bonds. The Balaban J connectivity index is 1.80. The topological polar surface area (TPSA) is 73.6 Å². The van der Waals surface area contributed by atoms with Crippen LogP contribution in [0.25, 0.3) is 0 Å². The van der Waals surface area contributed by atoms with Crippen molar-refractivity contribution >= 4 is 23.1 Å². The van der Waals surface area contributed by atoms with Gasteiger partial charge in [0.15, 0.2) is 0 Å². The second-order valence-corrected chi connectivity index (χ2v) is 7.49. The van der Waals surface area contributed by atoms with Gasteiger partial charge in [-0.25, -0.2) is 4.98 Å². The van der Waals surface area contributed by atoms with Crippen LogP contribution in [0.1, 0.15) is 37.6 Å². The Labute approximate surface area is 160 Å². The molecular weight excluding hydrogens is 334 g/mol. The van der Waals surface area contributed by atoms with Gasteiger partial charge in [0.2, 0.25) is 5.95 Å². The first kappa shape index (κ1) is 18.4. The van der Waals surface area contributed by atoms with Gasteiger partial charge in [-0.3, -0.25) is 0 Å². The van der Waals surface area contributed by atoms with Crippen LogP contribution in [0.3, 0.4) is 0 Å². The van der Waals surface area contributed by atoms with Crippen molar-refractivity contribution in [3.8, 4) is 6.07 Å². The van der Waals surface area contributed by atoms with Crippen molar-refractivity contribution in [2.75, 3.05) is 10.6 Å². The Kier molecular flexibility index (Phi) is 5.09. The maximum Gasteiger partial charge on any atom is 0.229 e. The third-order valence-electron chi connectivity index (χ3n) is 4.13. The number of aromatic nitrogens is 2. The average Bonchev–Trinajstić information content (AvgIpc) is 2.61. The summed E-state index contributed by atoms with van der Waals surface area (Å²) in [6.07, 6.45) is 0. The number of hydrogen-bond donors (Lipinski definition) is 2. The number of rotatable bonds is 4. The van der Waals surface area contributed by atoms with Crippen molar-refractivity contribution in [1.82, 2.24) is 9.97 Å². The second-order valence-electron chi connectivity index (χ2n) is 7.49. The van der Waals surface area contributed by atoms with Crippen molar-refractivity contribution in [3.05, 3.63) is 71.4 Å². The standard InChI is InChI=1S/C22H23N5/c1-15-12-20(25-18-10-8-17(9-11-18)22(2,3)4)27-21(24-15)26-19-7-5-6-16(13-19)14-23/h5-13H,1-4H3,(H2,24,25,26,27). The van der Waals surface area contributed by atoms with Gasteiger partial charge < -0.3 is 10.6 Å². The highest BCUT2D eigenvalue weighted by atomic mass is 15.1. The first-order valence-electron chi connectivity index (χ1n) is 8.84. The van der Waals surface area contributed by atoms with Crippen LogP contribution in [0.15, 0.2) is 54.6 Å². The van der Waals surface area contributed by atoms with Gasteiger partial charge in [0.25, 0.3) is 0 Å². The highest BCUT2D eigenvalue weighted by Crippen LogP contribution is 2.25. The molecule has 0 fully saturated rings. The van der Waals surface area contributed by atoms with Crippen LogP contribution in [-0.4, -0.2) is 9.97 Å². The molecule has 0 atom stereocenters. The molecule has 0 spiro atoms. The van der Waals surface area contributed by atoms with Crippen LogP contribution in [-0.2, 0) is 5.41 Å². The number of anilines is 4. The van der Waals surface area contributed by atoms with E-state index >= 15 is 0 Å². The monoisotopic (exact) mass is 357 g/mol. The minimum Gasteiger partial charge on any atom is -0.340 e. The fourth-order valence-electron chi connectivity index (χ4n) is 2.69. The zero-order chi connectivity index (χ0) is 19.4. The molecule has 27 heavy (non-hydrogen) atoms. The van der Waals surface area contributed by atoms with Gasteiger partial charge in [-0.1, -0.05) is 39.0 Å². The molecule has 3 aromatic rings. The molecule has 0 radical (unpaired) electrons. The predicted molar refractivity (Wildman–Crippen MR) is 110 cm³/mol. The van der Waals surface area contributed by atoms with E-state index in [9.17, 15) is 0 Å². The lowest BCUT2D eigenvalue weighted by molar-refractivity contribution is 0.590. The summed E-state index contributed by atoms with van der Waals surface area (Å²) in [5, 5.41) is 15.5. The third-order valence-corrected chi connectivity index (χ3v) is 4.13. The summed E-state index contributed by atoms with van der Waals surface area (Å²) in [6, 6.07) is 19.6. The quantitative estimate of drug-likeness (QED) is 0.650. The Morgan fingerprint density at radius 3 is 2.30 bits per heavy atom. The number of aryl methyl sites for hydroxylation is 1. The minimum absolute atomic E-state index is 0.124. The summed E-state index contributed by atoms with van der Waals surface area (Å²) in [7, 11) is 0. The van der Waals surface area contributed by atoms with Crippen LogP contribution in [0.4, 0.5) is 23.1 Å². The molecule has 136 valence electrons. The summed E-state index contributed by atoms with van der Waals surface area (Å²) < 4.78 is 0. The molecule has 0 saturated carbocycles. The van der Waals surface area contributed by atoms with Crippen LogP contribution in [0, 0.1) is 18.3 Å². The lowest BCUT2D eigenvalue weighted by Crippen LogP contribution is -2.10. The van der Waals surface area contributed by atoms with Gasteiger partial charge in [-0.05, 0) is 48.2 Å². The molecule has 0 aliphatic carbocycles. The van der Waals surface area contributed by atoms with Crippen molar-refractivity contribution in [3.63, 3.8) is 0 Å². The molecule has 0 aliphatic heterocycles. The van der Waals surface area contributed by atoms with Gasteiger partial charge in [-0.15, -0.1) is 0 Å². The first-order valence-corrected chi connectivity index (χ1v) is 8.84. The Morgan fingerprint density at radius 1 is 0.889 bits per heavy atom. The first-order chi connectivity index (χ1) is 12.8. The molecule has 5 nitrogen and oxygen atoms in total. The summed E-state index contributed by atoms with van der Waals surface area (Å²) in [5.74, 6) is 1.20. The zero-order valence-corrected chi connectivity index (χ0v) is 16.0.